The molecule has 2 aromatic heterocycles. The molecule has 5 heteroatoms. The van der Waals surface area contributed by atoms with Gasteiger partial charge in [-0.05, 0) is 19.1 Å². The summed E-state index contributed by atoms with van der Waals surface area (Å²) < 4.78 is 13.0. The zero-order chi connectivity index (χ0) is 14.1. The smallest absolute Gasteiger partial charge is 0.118 e. The van der Waals surface area contributed by atoms with Gasteiger partial charge < -0.3 is 9.15 Å². The van der Waals surface area contributed by atoms with Gasteiger partial charge in [-0.15, -0.1) is 0 Å². The number of methoxy groups -OCH3 is 1. The molecule has 0 saturated carbocycles. The number of fused-ring (bicyclic) bond motifs is 1. The van der Waals surface area contributed by atoms with E-state index in [2.05, 4.69) is 16.1 Å². The summed E-state index contributed by atoms with van der Waals surface area (Å²) in [6.45, 7) is 5.43. The second-order valence-electron chi connectivity index (χ2n) is 5.51. The van der Waals surface area contributed by atoms with E-state index in [9.17, 15) is 0 Å². The standard InChI is InChI=1S/C15H21N3O2/c1-11-4-5-14(20-11)9-18-7-12-6-16-17(2)15(12)13(8-18)10-19-3/h4-6,13H,7-10H2,1-3H3/t13-/m0/s1. The van der Waals surface area contributed by atoms with Crippen LogP contribution in [-0.4, -0.2) is 34.9 Å². The monoisotopic (exact) mass is 275 g/mol. The molecule has 0 unspecified atom stereocenters. The predicted octanol–water partition coefficient (Wildman–Crippen LogP) is 2.07. The third kappa shape index (κ3) is 2.51. The lowest BCUT2D eigenvalue weighted by Crippen LogP contribution is -2.35. The van der Waals surface area contributed by atoms with Gasteiger partial charge in [-0.25, -0.2) is 0 Å². The maximum atomic E-state index is 5.68. The van der Waals surface area contributed by atoms with Crippen LogP contribution in [0, 0.1) is 6.92 Å². The molecule has 20 heavy (non-hydrogen) atoms. The van der Waals surface area contributed by atoms with Crippen molar-refractivity contribution in [3.8, 4) is 0 Å². The van der Waals surface area contributed by atoms with E-state index in [0.717, 1.165) is 37.8 Å². The van der Waals surface area contributed by atoms with Crippen molar-refractivity contribution >= 4 is 0 Å². The molecule has 0 aromatic carbocycles. The van der Waals surface area contributed by atoms with Gasteiger partial charge in [0.05, 0.1) is 19.3 Å². The van der Waals surface area contributed by atoms with Crippen LogP contribution in [0.25, 0.3) is 0 Å². The summed E-state index contributed by atoms with van der Waals surface area (Å²) >= 11 is 0. The van der Waals surface area contributed by atoms with E-state index in [1.165, 1.54) is 11.3 Å². The maximum Gasteiger partial charge on any atom is 0.118 e. The minimum absolute atomic E-state index is 0.368. The lowest BCUT2D eigenvalue weighted by molar-refractivity contribution is 0.128. The fourth-order valence-electron chi connectivity index (χ4n) is 3.09. The summed E-state index contributed by atoms with van der Waals surface area (Å²) in [5.41, 5.74) is 2.60. The fraction of sp³-hybridized carbons (Fsp3) is 0.533. The zero-order valence-corrected chi connectivity index (χ0v) is 12.3. The molecular weight excluding hydrogens is 254 g/mol. The molecule has 1 atom stereocenters. The number of hydrogen-bond donors (Lipinski definition) is 0. The van der Waals surface area contributed by atoms with E-state index < -0.39 is 0 Å². The van der Waals surface area contributed by atoms with Crippen molar-refractivity contribution in [3.05, 3.63) is 41.1 Å². The molecule has 1 aliphatic rings. The van der Waals surface area contributed by atoms with Crippen molar-refractivity contribution in [2.75, 3.05) is 20.3 Å². The molecule has 0 fully saturated rings. The second-order valence-corrected chi connectivity index (χ2v) is 5.51. The summed E-state index contributed by atoms with van der Waals surface area (Å²) in [7, 11) is 3.76. The fourth-order valence-corrected chi connectivity index (χ4v) is 3.09. The summed E-state index contributed by atoms with van der Waals surface area (Å²) in [4.78, 5) is 2.39. The first-order valence-electron chi connectivity index (χ1n) is 6.94. The van der Waals surface area contributed by atoms with Gasteiger partial charge in [-0.2, -0.15) is 5.10 Å². The third-order valence-electron chi connectivity index (χ3n) is 3.87. The van der Waals surface area contributed by atoms with Crippen LogP contribution in [0.1, 0.15) is 28.7 Å². The van der Waals surface area contributed by atoms with Gasteiger partial charge in [-0.1, -0.05) is 0 Å². The Labute approximate surface area is 119 Å². The topological polar surface area (TPSA) is 43.4 Å². The zero-order valence-electron chi connectivity index (χ0n) is 12.3. The Kier molecular flexibility index (Phi) is 3.63. The first-order valence-corrected chi connectivity index (χ1v) is 6.94. The van der Waals surface area contributed by atoms with Gasteiger partial charge in [0.2, 0.25) is 0 Å². The van der Waals surface area contributed by atoms with Gasteiger partial charge in [0.15, 0.2) is 0 Å². The molecule has 108 valence electrons. The first kappa shape index (κ1) is 13.4. The Hall–Kier alpha value is -1.59. The van der Waals surface area contributed by atoms with Gasteiger partial charge in [0.1, 0.15) is 11.5 Å². The lowest BCUT2D eigenvalue weighted by Gasteiger charge is -2.32. The molecule has 0 saturated heterocycles. The van der Waals surface area contributed by atoms with Crippen molar-refractivity contribution < 1.29 is 9.15 Å². The molecule has 0 aliphatic carbocycles. The molecular formula is C15H21N3O2. The van der Waals surface area contributed by atoms with E-state index in [1.54, 1.807) is 7.11 Å². The number of nitrogens with zero attached hydrogens (tertiary/aromatic N) is 3. The van der Waals surface area contributed by atoms with E-state index in [-0.39, 0.29) is 0 Å². The minimum atomic E-state index is 0.368. The van der Waals surface area contributed by atoms with Gasteiger partial charge in [-0.3, -0.25) is 9.58 Å². The Morgan fingerprint density at radius 2 is 2.30 bits per heavy atom. The average molecular weight is 275 g/mol. The molecule has 3 rings (SSSR count). The van der Waals surface area contributed by atoms with E-state index in [0.29, 0.717) is 5.92 Å². The van der Waals surface area contributed by atoms with Gasteiger partial charge >= 0.3 is 0 Å². The van der Waals surface area contributed by atoms with Crippen LogP contribution >= 0.6 is 0 Å². The average Bonchev–Trinajstić information content (AvgIpc) is 2.97. The highest BCUT2D eigenvalue weighted by Gasteiger charge is 2.28. The Balaban J connectivity index is 1.79. The van der Waals surface area contributed by atoms with Crippen LogP contribution in [0.15, 0.2) is 22.7 Å². The van der Waals surface area contributed by atoms with E-state index in [4.69, 9.17) is 9.15 Å². The minimum Gasteiger partial charge on any atom is -0.465 e. The molecule has 1 aliphatic heterocycles. The summed E-state index contributed by atoms with van der Waals surface area (Å²) in [6.07, 6.45) is 1.97. The van der Waals surface area contributed by atoms with Crippen molar-refractivity contribution in [1.82, 2.24) is 14.7 Å². The quantitative estimate of drug-likeness (QED) is 0.856. The van der Waals surface area contributed by atoms with Crippen LogP contribution in [-0.2, 0) is 24.9 Å². The highest BCUT2D eigenvalue weighted by molar-refractivity contribution is 5.25. The SMILES string of the molecule is COC[C@@H]1CN(Cc2ccc(C)o2)Cc2cnn(C)c21. The molecule has 0 amide bonds. The van der Waals surface area contributed by atoms with Crippen LogP contribution in [0.5, 0.6) is 0 Å². The Morgan fingerprint density at radius 1 is 1.45 bits per heavy atom. The molecule has 3 heterocycles. The van der Waals surface area contributed by atoms with E-state index in [1.807, 2.05) is 30.9 Å². The normalized spacial score (nSPS) is 19.2. The van der Waals surface area contributed by atoms with Crippen LogP contribution in [0.4, 0.5) is 0 Å². The Bertz CT molecular complexity index is 588. The number of aryl methyl sites for hydroxylation is 2. The third-order valence-corrected chi connectivity index (χ3v) is 3.87. The number of rotatable bonds is 4. The lowest BCUT2D eigenvalue weighted by atomic mass is 9.97. The molecule has 0 N–H and O–H groups in total. The largest absolute Gasteiger partial charge is 0.465 e. The first-order chi connectivity index (χ1) is 9.67. The van der Waals surface area contributed by atoms with Crippen molar-refractivity contribution in [2.24, 2.45) is 7.05 Å². The summed E-state index contributed by atoms with van der Waals surface area (Å²) in [5.74, 6) is 2.35. The van der Waals surface area contributed by atoms with Crippen LogP contribution in [0.2, 0.25) is 0 Å². The highest BCUT2D eigenvalue weighted by Crippen LogP contribution is 2.29. The number of hydrogen-bond acceptors (Lipinski definition) is 4. The van der Waals surface area contributed by atoms with E-state index >= 15 is 0 Å². The number of furan rings is 1. The maximum absolute atomic E-state index is 5.68. The molecule has 0 spiro atoms. The number of aromatic nitrogens is 2. The summed E-state index contributed by atoms with van der Waals surface area (Å²) in [6, 6.07) is 4.07. The van der Waals surface area contributed by atoms with Gasteiger partial charge in [0.25, 0.3) is 0 Å². The van der Waals surface area contributed by atoms with Crippen molar-refractivity contribution in [3.63, 3.8) is 0 Å². The molecule has 0 bridgehead atoms. The Morgan fingerprint density at radius 3 is 3.00 bits per heavy atom. The molecule has 0 radical (unpaired) electrons. The molecule has 5 nitrogen and oxygen atoms in total. The van der Waals surface area contributed by atoms with Crippen LogP contribution in [0.3, 0.4) is 0 Å². The van der Waals surface area contributed by atoms with Crippen molar-refractivity contribution in [1.29, 1.82) is 0 Å². The second kappa shape index (κ2) is 5.42. The highest BCUT2D eigenvalue weighted by atomic mass is 16.5. The number of ether oxygens (including phenoxy) is 1. The summed E-state index contributed by atoms with van der Waals surface area (Å²) in [5, 5.41) is 4.39. The predicted molar refractivity (Wildman–Crippen MR) is 75.4 cm³/mol. The van der Waals surface area contributed by atoms with Crippen molar-refractivity contribution in [2.45, 2.75) is 25.9 Å². The van der Waals surface area contributed by atoms with Gasteiger partial charge in [0, 0.05) is 44.4 Å². The molecule has 2 aromatic rings. The van der Waals surface area contributed by atoms with Crippen LogP contribution < -0.4 is 0 Å².